The minimum absolute atomic E-state index is 0.330. The summed E-state index contributed by atoms with van der Waals surface area (Å²) in [6.07, 6.45) is 5.03. The summed E-state index contributed by atoms with van der Waals surface area (Å²) in [7, 11) is 0. The summed E-state index contributed by atoms with van der Waals surface area (Å²) in [6, 6.07) is 0. The summed E-state index contributed by atoms with van der Waals surface area (Å²) in [4.78, 5) is 33.4. The summed E-state index contributed by atoms with van der Waals surface area (Å²) in [6.45, 7) is 0. The average molecular weight is 259 g/mol. The van der Waals surface area contributed by atoms with Gasteiger partial charge in [-0.2, -0.15) is 0 Å². The van der Waals surface area contributed by atoms with Gasteiger partial charge in [-0.05, 0) is 30.4 Å². The lowest BCUT2D eigenvalue weighted by molar-refractivity contribution is 0.912. The number of hydrogen-bond donors (Lipinski definition) is 2. The maximum Gasteiger partial charge on any atom is 0.326 e. The molecule has 5 nitrogen and oxygen atoms in total. The number of aryl methyl sites for hydroxylation is 2. The molecule has 0 aromatic carbocycles. The molecule has 0 unspecified atom stereocenters. The fourth-order valence-electron chi connectivity index (χ4n) is 2.71. The van der Waals surface area contributed by atoms with Gasteiger partial charge in [-0.3, -0.25) is 9.78 Å². The van der Waals surface area contributed by atoms with E-state index >= 15 is 0 Å². The van der Waals surface area contributed by atoms with Crippen molar-refractivity contribution in [3.05, 3.63) is 38.2 Å². The Labute approximate surface area is 105 Å². The Morgan fingerprint density at radius 3 is 3.00 bits per heavy atom. The lowest BCUT2D eigenvalue weighted by Gasteiger charge is -2.00. The Balaban J connectivity index is 2.33. The number of pyridine rings is 1. The maximum atomic E-state index is 11.8. The third kappa shape index (κ3) is 1.18. The molecule has 0 saturated heterocycles. The lowest BCUT2D eigenvalue weighted by Crippen LogP contribution is -2.20. The van der Waals surface area contributed by atoms with Crippen LogP contribution in [0.4, 0.5) is 0 Å². The van der Waals surface area contributed by atoms with Gasteiger partial charge in [0.2, 0.25) is 0 Å². The van der Waals surface area contributed by atoms with Crippen LogP contribution in [0.15, 0.2) is 15.8 Å². The van der Waals surface area contributed by atoms with Crippen molar-refractivity contribution in [1.29, 1.82) is 0 Å². The lowest BCUT2D eigenvalue weighted by atomic mass is 10.1. The van der Waals surface area contributed by atoms with E-state index < -0.39 is 5.69 Å². The van der Waals surface area contributed by atoms with Gasteiger partial charge >= 0.3 is 5.69 Å². The quantitative estimate of drug-likeness (QED) is 0.639. The van der Waals surface area contributed by atoms with Gasteiger partial charge in [0, 0.05) is 11.6 Å². The first kappa shape index (κ1) is 10.0. The molecule has 2 N–H and O–H groups in total. The van der Waals surface area contributed by atoms with Gasteiger partial charge in [-0.25, -0.2) is 9.78 Å². The fraction of sp³-hybridized carbons (Fsp3) is 0.250. The normalized spacial score (nSPS) is 14.4. The molecule has 90 valence electrons. The van der Waals surface area contributed by atoms with Crippen LogP contribution in [-0.2, 0) is 12.8 Å². The van der Waals surface area contributed by atoms with Crippen LogP contribution in [0.25, 0.3) is 20.4 Å². The molecular weight excluding hydrogens is 250 g/mol. The van der Waals surface area contributed by atoms with Crippen molar-refractivity contribution in [2.75, 3.05) is 0 Å². The zero-order valence-corrected chi connectivity index (χ0v) is 10.2. The van der Waals surface area contributed by atoms with Crippen LogP contribution in [0.5, 0.6) is 0 Å². The van der Waals surface area contributed by atoms with E-state index in [1.54, 1.807) is 0 Å². The van der Waals surface area contributed by atoms with Gasteiger partial charge in [0.1, 0.15) is 9.53 Å². The minimum Gasteiger partial charge on any atom is -0.305 e. The molecule has 3 aromatic heterocycles. The number of hydrogen-bond acceptors (Lipinski definition) is 4. The van der Waals surface area contributed by atoms with E-state index in [1.165, 1.54) is 22.5 Å². The number of fused-ring (bicyclic) bond motifs is 5. The van der Waals surface area contributed by atoms with Gasteiger partial charge in [0.15, 0.2) is 0 Å². The second-order valence-electron chi connectivity index (χ2n) is 4.51. The Morgan fingerprint density at radius 1 is 1.22 bits per heavy atom. The highest BCUT2D eigenvalue weighted by Crippen LogP contribution is 2.35. The van der Waals surface area contributed by atoms with Crippen molar-refractivity contribution < 1.29 is 0 Å². The summed E-state index contributed by atoms with van der Waals surface area (Å²) >= 11 is 1.34. The molecule has 1 aliphatic carbocycles. The first-order valence-corrected chi connectivity index (χ1v) is 6.61. The van der Waals surface area contributed by atoms with Gasteiger partial charge in [-0.15, -0.1) is 11.3 Å². The molecule has 0 atom stereocenters. The predicted molar refractivity (Wildman–Crippen MR) is 70.4 cm³/mol. The molecule has 3 aromatic rings. The molecule has 1 aliphatic rings. The van der Waals surface area contributed by atoms with Gasteiger partial charge < -0.3 is 4.98 Å². The van der Waals surface area contributed by atoms with Crippen LogP contribution in [0, 0.1) is 0 Å². The molecule has 0 saturated carbocycles. The van der Waals surface area contributed by atoms with Crippen LogP contribution >= 0.6 is 11.3 Å². The van der Waals surface area contributed by atoms with Crippen molar-refractivity contribution in [3.63, 3.8) is 0 Å². The van der Waals surface area contributed by atoms with Crippen molar-refractivity contribution in [3.8, 4) is 0 Å². The van der Waals surface area contributed by atoms with Crippen LogP contribution < -0.4 is 11.2 Å². The van der Waals surface area contributed by atoms with E-state index in [-0.39, 0.29) is 5.56 Å². The second kappa shape index (κ2) is 3.29. The Bertz CT molecular complexity index is 903. The highest BCUT2D eigenvalue weighted by atomic mass is 32.1. The Kier molecular flexibility index (Phi) is 1.83. The van der Waals surface area contributed by atoms with Crippen LogP contribution in [0.3, 0.4) is 0 Å². The predicted octanol–water partition coefficient (Wildman–Crippen LogP) is 1.31. The van der Waals surface area contributed by atoms with Crippen LogP contribution in [-0.4, -0.2) is 15.0 Å². The van der Waals surface area contributed by atoms with Crippen molar-refractivity contribution in [1.82, 2.24) is 15.0 Å². The monoisotopic (exact) mass is 259 g/mol. The second-order valence-corrected chi connectivity index (χ2v) is 5.51. The van der Waals surface area contributed by atoms with Crippen molar-refractivity contribution in [2.24, 2.45) is 0 Å². The molecule has 3 heterocycles. The molecule has 18 heavy (non-hydrogen) atoms. The number of aromatic amines is 2. The molecule has 4 rings (SSSR count). The molecular formula is C12H9N3O2S. The molecule has 0 aliphatic heterocycles. The summed E-state index contributed by atoms with van der Waals surface area (Å²) in [5, 5.41) is 0.966. The van der Waals surface area contributed by atoms with Crippen LogP contribution in [0.1, 0.15) is 17.5 Å². The van der Waals surface area contributed by atoms with E-state index in [0.29, 0.717) is 10.2 Å². The zero-order chi connectivity index (χ0) is 12.3. The SMILES string of the molecule is O=c1[nH]c(=O)c2sc3ncc4c(c3c2[nH]1)CCC4. The Hall–Kier alpha value is -1.95. The maximum absolute atomic E-state index is 11.8. The van der Waals surface area contributed by atoms with Gasteiger partial charge in [0.25, 0.3) is 5.56 Å². The number of aromatic nitrogens is 3. The van der Waals surface area contributed by atoms with Crippen molar-refractivity contribution >= 4 is 31.8 Å². The summed E-state index contributed by atoms with van der Waals surface area (Å²) in [5.41, 5.74) is 2.34. The Morgan fingerprint density at radius 2 is 2.11 bits per heavy atom. The number of thiophene rings is 1. The summed E-state index contributed by atoms with van der Waals surface area (Å²) < 4.78 is 0.553. The van der Waals surface area contributed by atoms with Crippen molar-refractivity contribution in [2.45, 2.75) is 19.3 Å². The van der Waals surface area contributed by atoms with Gasteiger partial charge in [-0.1, -0.05) is 0 Å². The van der Waals surface area contributed by atoms with E-state index in [9.17, 15) is 9.59 Å². The number of rotatable bonds is 0. The standard InChI is InChI=1S/C12H9N3O2S/c16-10-9-8(14-12(17)15-10)7-6-3-1-2-5(6)4-13-11(7)18-9/h4H,1-3H2,(H2,14,15,16,17). The van der Waals surface area contributed by atoms with E-state index in [1.807, 2.05) is 6.20 Å². The largest absolute Gasteiger partial charge is 0.326 e. The highest BCUT2D eigenvalue weighted by molar-refractivity contribution is 7.25. The van der Waals surface area contributed by atoms with Crippen LogP contribution in [0.2, 0.25) is 0 Å². The molecule has 0 bridgehead atoms. The molecule has 0 spiro atoms. The van der Waals surface area contributed by atoms with E-state index in [2.05, 4.69) is 15.0 Å². The first-order valence-electron chi connectivity index (χ1n) is 5.79. The first-order chi connectivity index (χ1) is 8.74. The van der Waals surface area contributed by atoms with E-state index in [4.69, 9.17) is 0 Å². The molecule has 0 radical (unpaired) electrons. The smallest absolute Gasteiger partial charge is 0.305 e. The third-order valence-corrected chi connectivity index (χ3v) is 4.56. The van der Waals surface area contributed by atoms with Gasteiger partial charge in [0.05, 0.1) is 5.52 Å². The molecule has 0 amide bonds. The summed E-state index contributed by atoms with van der Waals surface area (Å²) in [5.74, 6) is 0. The third-order valence-electron chi connectivity index (χ3n) is 3.46. The molecule has 6 heteroatoms. The highest BCUT2D eigenvalue weighted by Gasteiger charge is 2.19. The topological polar surface area (TPSA) is 78.6 Å². The number of nitrogens with zero attached hydrogens (tertiary/aromatic N) is 1. The fourth-order valence-corrected chi connectivity index (χ4v) is 3.73. The molecule has 0 fully saturated rings. The van der Waals surface area contributed by atoms with E-state index in [0.717, 1.165) is 29.5 Å². The minimum atomic E-state index is -0.456. The zero-order valence-electron chi connectivity index (χ0n) is 9.37. The number of nitrogens with one attached hydrogen (secondary N) is 2. The number of H-pyrrole nitrogens is 2. The average Bonchev–Trinajstić information content (AvgIpc) is 2.91.